The Labute approximate surface area is 178 Å². The van der Waals surface area contributed by atoms with Crippen LogP contribution in [0.4, 0.5) is 10.5 Å². The Kier molecular flexibility index (Phi) is 5.53. The summed E-state index contributed by atoms with van der Waals surface area (Å²) in [4.78, 5) is 29.2. The molecule has 4 rings (SSSR count). The molecule has 1 unspecified atom stereocenters. The smallest absolute Gasteiger partial charge is 0.414 e. The lowest BCUT2D eigenvalue weighted by Gasteiger charge is -2.22. The van der Waals surface area contributed by atoms with Crippen LogP contribution in [0.3, 0.4) is 0 Å². The monoisotopic (exact) mass is 424 g/mol. The summed E-state index contributed by atoms with van der Waals surface area (Å²) < 4.78 is 5.07. The standard InChI is InChI=1S/C23H24N2O6/c1-23(30,13-27)10-15-4-2-3-5-18(15)20-8-14-6-7-16(9-19(14)21(28)24-20)25-11-17(12-26)31-22(25)29/h2-9,17,26-27,30H,10-13H2,1H3,(H,24,28)/t17-,23?/m1/s1. The van der Waals surface area contributed by atoms with Gasteiger partial charge in [-0.25, -0.2) is 4.79 Å². The molecule has 1 fully saturated rings. The molecule has 0 bridgehead atoms. The number of hydrogen-bond donors (Lipinski definition) is 4. The van der Waals surface area contributed by atoms with Gasteiger partial charge in [0.15, 0.2) is 0 Å². The lowest BCUT2D eigenvalue weighted by atomic mass is 9.92. The third-order valence-corrected chi connectivity index (χ3v) is 5.44. The highest BCUT2D eigenvalue weighted by molar-refractivity contribution is 5.94. The molecule has 0 radical (unpaired) electrons. The summed E-state index contributed by atoms with van der Waals surface area (Å²) in [6.07, 6.45) is -0.922. The zero-order chi connectivity index (χ0) is 22.2. The molecule has 2 atom stereocenters. The van der Waals surface area contributed by atoms with Crippen LogP contribution in [0.15, 0.2) is 53.3 Å². The van der Waals surface area contributed by atoms with Gasteiger partial charge in [-0.1, -0.05) is 30.3 Å². The SMILES string of the molecule is CC(O)(CO)Cc1ccccc1-c1cc2ccc(N3C[C@H](CO)OC3=O)cc2c(=O)[nH]1. The number of nitrogens with one attached hydrogen (secondary N) is 1. The fourth-order valence-electron chi connectivity index (χ4n) is 3.79. The molecule has 1 aromatic heterocycles. The van der Waals surface area contributed by atoms with Crippen LogP contribution in [0.25, 0.3) is 22.0 Å². The number of H-pyrrole nitrogens is 1. The van der Waals surface area contributed by atoms with Gasteiger partial charge in [0.1, 0.15) is 6.10 Å². The van der Waals surface area contributed by atoms with E-state index in [1.165, 1.54) is 4.90 Å². The minimum Gasteiger partial charge on any atom is -0.441 e. The van der Waals surface area contributed by atoms with Crippen LogP contribution in [0.2, 0.25) is 0 Å². The zero-order valence-electron chi connectivity index (χ0n) is 17.0. The Balaban J connectivity index is 1.73. The Morgan fingerprint density at radius 2 is 1.94 bits per heavy atom. The average Bonchev–Trinajstić information content (AvgIpc) is 3.14. The van der Waals surface area contributed by atoms with E-state index in [-0.39, 0.29) is 31.7 Å². The number of aromatic amines is 1. The normalized spacial score (nSPS) is 18.3. The Morgan fingerprint density at radius 3 is 2.65 bits per heavy atom. The van der Waals surface area contributed by atoms with Crippen LogP contribution in [0.1, 0.15) is 12.5 Å². The number of carbonyl (C=O) groups is 1. The number of rotatable bonds is 6. The molecule has 0 saturated carbocycles. The first-order valence-corrected chi connectivity index (χ1v) is 9.99. The van der Waals surface area contributed by atoms with E-state index in [4.69, 9.17) is 4.74 Å². The Hall–Kier alpha value is -3.20. The Morgan fingerprint density at radius 1 is 1.16 bits per heavy atom. The van der Waals surface area contributed by atoms with E-state index in [0.29, 0.717) is 22.2 Å². The molecule has 1 aliphatic heterocycles. The van der Waals surface area contributed by atoms with E-state index < -0.39 is 17.8 Å². The lowest BCUT2D eigenvalue weighted by Crippen LogP contribution is -2.31. The predicted molar refractivity (Wildman–Crippen MR) is 116 cm³/mol. The number of aliphatic hydroxyl groups excluding tert-OH is 2. The third kappa shape index (κ3) is 4.18. The van der Waals surface area contributed by atoms with Crippen molar-refractivity contribution in [1.82, 2.24) is 4.98 Å². The molecule has 0 spiro atoms. The van der Waals surface area contributed by atoms with Gasteiger partial charge in [0, 0.05) is 28.8 Å². The number of aromatic nitrogens is 1. The highest BCUT2D eigenvalue weighted by Crippen LogP contribution is 2.29. The quantitative estimate of drug-likeness (QED) is 0.479. The van der Waals surface area contributed by atoms with Crippen LogP contribution < -0.4 is 10.5 Å². The van der Waals surface area contributed by atoms with Crippen molar-refractivity contribution < 1.29 is 24.9 Å². The number of fused-ring (bicyclic) bond motifs is 1. The highest BCUT2D eigenvalue weighted by Gasteiger charge is 2.32. The minimum absolute atomic E-state index is 0.217. The molecular weight excluding hydrogens is 400 g/mol. The van der Waals surface area contributed by atoms with Crippen molar-refractivity contribution in [1.29, 1.82) is 0 Å². The fraction of sp³-hybridized carbons (Fsp3) is 0.304. The van der Waals surface area contributed by atoms with Crippen molar-refractivity contribution in [3.05, 3.63) is 64.4 Å². The number of carbonyl (C=O) groups excluding carboxylic acids is 1. The number of cyclic esters (lactones) is 1. The van der Waals surface area contributed by atoms with Gasteiger partial charge < -0.3 is 25.0 Å². The number of aliphatic hydroxyl groups is 3. The third-order valence-electron chi connectivity index (χ3n) is 5.44. The first kappa shape index (κ1) is 21.0. The molecule has 162 valence electrons. The van der Waals surface area contributed by atoms with Crippen LogP contribution in [0.5, 0.6) is 0 Å². The van der Waals surface area contributed by atoms with E-state index in [0.717, 1.165) is 11.1 Å². The number of pyridine rings is 1. The number of ether oxygens (including phenoxy) is 1. The molecule has 2 aromatic carbocycles. The van der Waals surface area contributed by atoms with Gasteiger partial charge in [0.05, 0.1) is 25.4 Å². The maximum atomic E-state index is 12.9. The largest absolute Gasteiger partial charge is 0.441 e. The van der Waals surface area contributed by atoms with Crippen molar-refractivity contribution in [2.24, 2.45) is 0 Å². The molecule has 1 aliphatic rings. The topological polar surface area (TPSA) is 123 Å². The summed E-state index contributed by atoms with van der Waals surface area (Å²) in [5, 5.41) is 30.0. The molecule has 3 aromatic rings. The van der Waals surface area contributed by atoms with Gasteiger partial charge in [0.2, 0.25) is 0 Å². The van der Waals surface area contributed by atoms with E-state index in [2.05, 4.69) is 4.98 Å². The van der Waals surface area contributed by atoms with Gasteiger partial charge in [-0.15, -0.1) is 0 Å². The van der Waals surface area contributed by atoms with Crippen molar-refractivity contribution in [3.63, 3.8) is 0 Å². The van der Waals surface area contributed by atoms with Crippen molar-refractivity contribution >= 4 is 22.6 Å². The van der Waals surface area contributed by atoms with E-state index in [1.54, 1.807) is 25.1 Å². The Bertz CT molecular complexity index is 1190. The summed E-state index contributed by atoms with van der Waals surface area (Å²) >= 11 is 0. The second kappa shape index (κ2) is 8.14. The van der Waals surface area contributed by atoms with Crippen LogP contribution >= 0.6 is 0 Å². The minimum atomic E-state index is -1.28. The molecule has 1 saturated heterocycles. The molecule has 2 heterocycles. The zero-order valence-corrected chi connectivity index (χ0v) is 17.0. The predicted octanol–water partition coefficient (Wildman–Crippen LogP) is 1.80. The molecular formula is C23H24N2O6. The van der Waals surface area contributed by atoms with Crippen molar-refractivity contribution in [3.8, 4) is 11.3 Å². The number of amides is 1. The second-order valence-corrected chi connectivity index (χ2v) is 8.07. The lowest BCUT2D eigenvalue weighted by molar-refractivity contribution is 0.00241. The maximum Gasteiger partial charge on any atom is 0.414 e. The van der Waals surface area contributed by atoms with Crippen LogP contribution in [0, 0.1) is 0 Å². The van der Waals surface area contributed by atoms with Gasteiger partial charge in [-0.2, -0.15) is 0 Å². The summed E-state index contributed by atoms with van der Waals surface area (Å²) in [6, 6.07) is 14.3. The van der Waals surface area contributed by atoms with Gasteiger partial charge in [0.25, 0.3) is 5.56 Å². The first-order valence-electron chi connectivity index (χ1n) is 9.99. The van der Waals surface area contributed by atoms with E-state index in [1.807, 2.05) is 30.3 Å². The number of benzene rings is 2. The van der Waals surface area contributed by atoms with Crippen LogP contribution in [-0.2, 0) is 11.2 Å². The van der Waals surface area contributed by atoms with Gasteiger partial charge in [-0.05, 0) is 36.1 Å². The molecule has 8 heteroatoms. The summed E-state index contributed by atoms with van der Waals surface area (Å²) in [7, 11) is 0. The van der Waals surface area contributed by atoms with E-state index >= 15 is 0 Å². The number of nitrogens with zero attached hydrogens (tertiary/aromatic N) is 1. The summed E-state index contributed by atoms with van der Waals surface area (Å²) in [5.74, 6) is 0. The first-order chi connectivity index (χ1) is 14.8. The number of anilines is 1. The maximum absolute atomic E-state index is 12.9. The fourth-order valence-corrected chi connectivity index (χ4v) is 3.79. The van der Waals surface area contributed by atoms with Gasteiger partial charge in [-0.3, -0.25) is 9.69 Å². The highest BCUT2D eigenvalue weighted by atomic mass is 16.6. The number of hydrogen-bond acceptors (Lipinski definition) is 6. The molecule has 31 heavy (non-hydrogen) atoms. The molecule has 0 aliphatic carbocycles. The average molecular weight is 424 g/mol. The molecule has 4 N–H and O–H groups in total. The van der Waals surface area contributed by atoms with E-state index in [9.17, 15) is 24.9 Å². The molecule has 8 nitrogen and oxygen atoms in total. The summed E-state index contributed by atoms with van der Waals surface area (Å²) in [6.45, 7) is 1.13. The van der Waals surface area contributed by atoms with Crippen molar-refractivity contribution in [2.45, 2.75) is 25.0 Å². The van der Waals surface area contributed by atoms with Crippen molar-refractivity contribution in [2.75, 3.05) is 24.7 Å². The van der Waals surface area contributed by atoms with Gasteiger partial charge >= 0.3 is 6.09 Å². The van der Waals surface area contributed by atoms with Crippen LogP contribution in [-0.4, -0.2) is 57.9 Å². The molecule has 1 amide bonds. The second-order valence-electron chi connectivity index (χ2n) is 8.07. The summed E-state index contributed by atoms with van der Waals surface area (Å²) in [5.41, 5.74) is 1.07.